The maximum absolute atomic E-state index is 6.04. The van der Waals surface area contributed by atoms with Gasteiger partial charge >= 0.3 is 0 Å². The number of nitrogens with two attached hydrogens (primary N) is 1. The van der Waals surface area contributed by atoms with Crippen molar-refractivity contribution in [2.24, 2.45) is 5.73 Å². The molecule has 1 aromatic heterocycles. The second kappa shape index (κ2) is 6.66. The lowest BCUT2D eigenvalue weighted by atomic mass is 10.2. The van der Waals surface area contributed by atoms with Gasteiger partial charge in [0.15, 0.2) is 0 Å². The fraction of sp³-hybridized carbons (Fsp3) is 0.750. The van der Waals surface area contributed by atoms with Gasteiger partial charge in [0.2, 0.25) is 0 Å². The maximum Gasteiger partial charge on any atom is 0.0949 e. The summed E-state index contributed by atoms with van der Waals surface area (Å²) in [6.45, 7) is 10.7. The molecule has 2 N–H and O–H groups in total. The summed E-state index contributed by atoms with van der Waals surface area (Å²) in [5, 5.41) is 0. The average molecular weight is 224 g/mol. The number of rotatable bonds is 7. The van der Waals surface area contributed by atoms with Crippen LogP contribution in [0.2, 0.25) is 0 Å². The average Bonchev–Trinajstić information content (AvgIpc) is 2.77. The summed E-state index contributed by atoms with van der Waals surface area (Å²) in [6, 6.07) is 0.110. The van der Waals surface area contributed by atoms with E-state index in [4.69, 9.17) is 5.73 Å². The lowest BCUT2D eigenvalue weighted by Crippen LogP contribution is -2.28. The molecule has 1 heterocycles. The highest BCUT2D eigenvalue weighted by Gasteiger charge is 2.09. The first kappa shape index (κ1) is 13.2. The van der Waals surface area contributed by atoms with E-state index in [2.05, 4.69) is 35.2 Å². The van der Waals surface area contributed by atoms with Gasteiger partial charge < -0.3 is 15.2 Å². The summed E-state index contributed by atoms with van der Waals surface area (Å²) in [7, 11) is 0. The Kier molecular flexibility index (Phi) is 5.49. The number of imidazole rings is 1. The van der Waals surface area contributed by atoms with Gasteiger partial charge in [-0.3, -0.25) is 0 Å². The van der Waals surface area contributed by atoms with Crippen LogP contribution in [-0.4, -0.2) is 34.1 Å². The molecule has 0 radical (unpaired) electrons. The molecule has 4 heteroatoms. The third-order valence-corrected chi connectivity index (χ3v) is 3.12. The van der Waals surface area contributed by atoms with Crippen molar-refractivity contribution in [2.75, 3.05) is 19.6 Å². The predicted molar refractivity (Wildman–Crippen MR) is 67.2 cm³/mol. The zero-order valence-corrected chi connectivity index (χ0v) is 10.7. The third-order valence-electron chi connectivity index (χ3n) is 3.12. The molecule has 0 fully saturated rings. The fourth-order valence-electron chi connectivity index (χ4n) is 1.82. The van der Waals surface area contributed by atoms with Crippen LogP contribution in [0.1, 0.15) is 38.9 Å². The van der Waals surface area contributed by atoms with E-state index in [9.17, 15) is 0 Å². The molecule has 0 saturated carbocycles. The van der Waals surface area contributed by atoms with E-state index in [0.717, 1.165) is 38.3 Å². The molecular weight excluding hydrogens is 200 g/mol. The molecule has 4 nitrogen and oxygen atoms in total. The van der Waals surface area contributed by atoms with Gasteiger partial charge in [-0.25, -0.2) is 4.98 Å². The van der Waals surface area contributed by atoms with Crippen molar-refractivity contribution in [3.8, 4) is 0 Å². The molecule has 16 heavy (non-hydrogen) atoms. The van der Waals surface area contributed by atoms with Crippen LogP contribution < -0.4 is 5.73 Å². The molecule has 0 aliphatic rings. The van der Waals surface area contributed by atoms with Crippen molar-refractivity contribution in [3.05, 3.63) is 18.2 Å². The smallest absolute Gasteiger partial charge is 0.0949 e. The molecule has 1 atom stereocenters. The SMILES string of the molecule is CC[C@@H](N)c1cncn1CCN(CC)CC. The summed E-state index contributed by atoms with van der Waals surface area (Å²) >= 11 is 0. The molecule has 0 aliphatic carbocycles. The third kappa shape index (κ3) is 3.32. The zero-order chi connectivity index (χ0) is 12.0. The normalized spacial score (nSPS) is 13.3. The molecule has 0 spiro atoms. The Balaban J connectivity index is 2.56. The molecule has 0 aromatic carbocycles. The van der Waals surface area contributed by atoms with Crippen LogP contribution in [0.25, 0.3) is 0 Å². The lowest BCUT2D eigenvalue weighted by molar-refractivity contribution is 0.288. The molecule has 0 bridgehead atoms. The number of nitrogens with zero attached hydrogens (tertiary/aromatic N) is 3. The van der Waals surface area contributed by atoms with Gasteiger partial charge in [0.1, 0.15) is 0 Å². The quantitative estimate of drug-likeness (QED) is 0.766. The van der Waals surface area contributed by atoms with Crippen molar-refractivity contribution in [2.45, 2.75) is 39.8 Å². The van der Waals surface area contributed by atoms with Crippen LogP contribution in [0.5, 0.6) is 0 Å². The maximum atomic E-state index is 6.04. The van der Waals surface area contributed by atoms with E-state index in [1.54, 1.807) is 0 Å². The van der Waals surface area contributed by atoms with Crippen LogP contribution in [-0.2, 0) is 6.54 Å². The van der Waals surface area contributed by atoms with Crippen molar-refractivity contribution < 1.29 is 0 Å². The highest BCUT2D eigenvalue weighted by atomic mass is 15.2. The minimum atomic E-state index is 0.110. The first-order valence-corrected chi connectivity index (χ1v) is 6.20. The standard InChI is InChI=1S/C12H24N4/c1-4-11(13)12-9-14-10-16(12)8-7-15(5-2)6-3/h9-11H,4-8,13H2,1-3H3/t11-/m1/s1. The summed E-state index contributed by atoms with van der Waals surface area (Å²) in [5.41, 5.74) is 7.18. The highest BCUT2D eigenvalue weighted by Crippen LogP contribution is 2.12. The van der Waals surface area contributed by atoms with Crippen LogP contribution in [0.4, 0.5) is 0 Å². The lowest BCUT2D eigenvalue weighted by Gasteiger charge is -2.20. The first-order valence-electron chi connectivity index (χ1n) is 6.20. The van der Waals surface area contributed by atoms with Gasteiger partial charge in [0, 0.05) is 25.3 Å². The summed E-state index contributed by atoms with van der Waals surface area (Å²) < 4.78 is 2.17. The predicted octanol–water partition coefficient (Wildman–Crippen LogP) is 1.63. The van der Waals surface area contributed by atoms with E-state index in [0.29, 0.717) is 0 Å². The first-order chi connectivity index (χ1) is 7.72. The monoisotopic (exact) mass is 224 g/mol. The molecular formula is C12H24N4. The van der Waals surface area contributed by atoms with E-state index < -0.39 is 0 Å². The summed E-state index contributed by atoms with van der Waals surface area (Å²) in [6.07, 6.45) is 4.72. The number of hydrogen-bond acceptors (Lipinski definition) is 3. The molecule has 0 amide bonds. The van der Waals surface area contributed by atoms with Gasteiger partial charge in [0.05, 0.1) is 12.0 Å². The molecule has 0 unspecified atom stereocenters. The Hall–Kier alpha value is -0.870. The number of likely N-dealkylation sites (N-methyl/N-ethyl adjacent to an activating group) is 1. The number of aromatic nitrogens is 2. The van der Waals surface area contributed by atoms with E-state index >= 15 is 0 Å². The Morgan fingerprint density at radius 2 is 2.06 bits per heavy atom. The molecule has 92 valence electrons. The van der Waals surface area contributed by atoms with Crippen molar-refractivity contribution >= 4 is 0 Å². The Morgan fingerprint density at radius 3 is 2.62 bits per heavy atom. The second-order valence-corrected chi connectivity index (χ2v) is 4.05. The van der Waals surface area contributed by atoms with Gasteiger partial charge in [-0.05, 0) is 19.5 Å². The minimum Gasteiger partial charge on any atom is -0.332 e. The topological polar surface area (TPSA) is 47.1 Å². The molecule has 1 aromatic rings. The van der Waals surface area contributed by atoms with Crippen LogP contribution in [0.3, 0.4) is 0 Å². The van der Waals surface area contributed by atoms with E-state index in [-0.39, 0.29) is 6.04 Å². The fourth-order valence-corrected chi connectivity index (χ4v) is 1.82. The number of hydrogen-bond donors (Lipinski definition) is 1. The van der Waals surface area contributed by atoms with Crippen molar-refractivity contribution in [3.63, 3.8) is 0 Å². The molecule has 1 rings (SSSR count). The van der Waals surface area contributed by atoms with Crippen LogP contribution in [0.15, 0.2) is 12.5 Å². The minimum absolute atomic E-state index is 0.110. The highest BCUT2D eigenvalue weighted by molar-refractivity contribution is 5.04. The van der Waals surface area contributed by atoms with Gasteiger partial charge in [0.25, 0.3) is 0 Å². The van der Waals surface area contributed by atoms with E-state index in [1.165, 1.54) is 0 Å². The summed E-state index contributed by atoms with van der Waals surface area (Å²) in [4.78, 5) is 6.59. The van der Waals surface area contributed by atoms with Crippen molar-refractivity contribution in [1.29, 1.82) is 0 Å². The Labute approximate surface area is 98.5 Å². The van der Waals surface area contributed by atoms with Crippen LogP contribution in [0, 0.1) is 0 Å². The molecule has 0 aliphatic heterocycles. The van der Waals surface area contributed by atoms with Gasteiger partial charge in [-0.1, -0.05) is 20.8 Å². The second-order valence-electron chi connectivity index (χ2n) is 4.05. The van der Waals surface area contributed by atoms with Gasteiger partial charge in [-0.2, -0.15) is 0 Å². The Morgan fingerprint density at radius 1 is 1.38 bits per heavy atom. The van der Waals surface area contributed by atoms with E-state index in [1.807, 2.05) is 12.5 Å². The van der Waals surface area contributed by atoms with Crippen LogP contribution >= 0.6 is 0 Å². The van der Waals surface area contributed by atoms with Gasteiger partial charge in [-0.15, -0.1) is 0 Å². The Bertz CT molecular complexity index is 291. The summed E-state index contributed by atoms with van der Waals surface area (Å²) in [5.74, 6) is 0. The zero-order valence-electron chi connectivity index (χ0n) is 10.7. The largest absolute Gasteiger partial charge is 0.332 e. The molecule has 0 saturated heterocycles. The van der Waals surface area contributed by atoms with Crippen molar-refractivity contribution in [1.82, 2.24) is 14.5 Å².